The summed E-state index contributed by atoms with van der Waals surface area (Å²) in [6.45, 7) is 12.4. The molecule has 1 aliphatic rings. The van der Waals surface area contributed by atoms with Crippen LogP contribution in [0, 0.1) is 5.82 Å². The molecule has 20 heavy (non-hydrogen) atoms. The molecule has 1 N–H and O–H groups in total. The number of likely N-dealkylation sites (N-methyl/N-ethyl adjacent to an activating group) is 1. The number of hydrogen-bond donors (Lipinski definition) is 1. The van der Waals surface area contributed by atoms with Crippen molar-refractivity contribution in [2.75, 3.05) is 37.6 Å². The lowest BCUT2D eigenvalue weighted by Crippen LogP contribution is -2.52. The number of rotatable bonds is 5. The van der Waals surface area contributed by atoms with Crippen LogP contribution in [0.25, 0.3) is 0 Å². The standard InChI is InChI=1S/C16H26FN3/c1-4-18-11-14-10-15(17)6-7-16(14)20-9-8-19(5-2)13(3)12-20/h6-7,10,13,18H,4-5,8-9,11-12H2,1-3H3. The van der Waals surface area contributed by atoms with E-state index < -0.39 is 0 Å². The van der Waals surface area contributed by atoms with Gasteiger partial charge >= 0.3 is 0 Å². The molecular weight excluding hydrogens is 253 g/mol. The van der Waals surface area contributed by atoms with Crippen LogP contribution in [0.4, 0.5) is 10.1 Å². The number of halogens is 1. The van der Waals surface area contributed by atoms with Crippen LogP contribution in [0.2, 0.25) is 0 Å². The largest absolute Gasteiger partial charge is 0.368 e. The monoisotopic (exact) mass is 279 g/mol. The summed E-state index contributed by atoms with van der Waals surface area (Å²) in [4.78, 5) is 4.88. The summed E-state index contributed by atoms with van der Waals surface area (Å²) < 4.78 is 13.5. The van der Waals surface area contributed by atoms with Crippen molar-refractivity contribution in [1.29, 1.82) is 0 Å². The lowest BCUT2D eigenvalue weighted by molar-refractivity contribution is 0.199. The Morgan fingerprint density at radius 2 is 2.10 bits per heavy atom. The van der Waals surface area contributed by atoms with Crippen molar-refractivity contribution in [3.8, 4) is 0 Å². The van der Waals surface area contributed by atoms with Gasteiger partial charge in [0.2, 0.25) is 0 Å². The molecule has 1 aromatic carbocycles. The first-order valence-corrected chi connectivity index (χ1v) is 7.63. The second-order valence-electron chi connectivity index (χ2n) is 5.48. The summed E-state index contributed by atoms with van der Waals surface area (Å²) in [6, 6.07) is 5.71. The molecule has 0 spiro atoms. The fraction of sp³-hybridized carbons (Fsp3) is 0.625. The van der Waals surface area contributed by atoms with E-state index in [1.807, 2.05) is 6.07 Å². The van der Waals surface area contributed by atoms with Crippen molar-refractivity contribution in [3.05, 3.63) is 29.6 Å². The first-order valence-electron chi connectivity index (χ1n) is 7.63. The van der Waals surface area contributed by atoms with Gasteiger partial charge in [0, 0.05) is 37.9 Å². The van der Waals surface area contributed by atoms with Gasteiger partial charge in [-0.25, -0.2) is 4.39 Å². The molecule has 1 aromatic rings. The number of nitrogens with one attached hydrogen (secondary N) is 1. The van der Waals surface area contributed by atoms with E-state index in [1.165, 1.54) is 5.69 Å². The number of benzene rings is 1. The van der Waals surface area contributed by atoms with Crippen molar-refractivity contribution >= 4 is 5.69 Å². The first-order chi connectivity index (χ1) is 9.65. The molecule has 1 saturated heterocycles. The molecule has 1 heterocycles. The maximum Gasteiger partial charge on any atom is 0.123 e. The van der Waals surface area contributed by atoms with Crippen molar-refractivity contribution < 1.29 is 4.39 Å². The fourth-order valence-corrected chi connectivity index (χ4v) is 2.95. The number of anilines is 1. The third kappa shape index (κ3) is 3.49. The average molecular weight is 279 g/mol. The molecular formula is C16H26FN3. The first kappa shape index (κ1) is 15.3. The van der Waals surface area contributed by atoms with Gasteiger partial charge < -0.3 is 10.2 Å². The molecule has 4 heteroatoms. The normalized spacial score (nSPS) is 20.4. The maximum atomic E-state index is 13.5. The van der Waals surface area contributed by atoms with Gasteiger partial charge in [0.15, 0.2) is 0 Å². The molecule has 1 atom stereocenters. The highest BCUT2D eigenvalue weighted by atomic mass is 19.1. The highest BCUT2D eigenvalue weighted by molar-refractivity contribution is 5.54. The Morgan fingerprint density at radius 3 is 2.75 bits per heavy atom. The van der Waals surface area contributed by atoms with Gasteiger partial charge in [-0.3, -0.25) is 4.90 Å². The Hall–Kier alpha value is -1.13. The summed E-state index contributed by atoms with van der Waals surface area (Å²) in [6.07, 6.45) is 0. The molecule has 0 aromatic heterocycles. The summed E-state index contributed by atoms with van der Waals surface area (Å²) >= 11 is 0. The van der Waals surface area contributed by atoms with E-state index in [0.29, 0.717) is 6.04 Å². The Labute approximate surface area is 121 Å². The lowest BCUT2D eigenvalue weighted by atomic mass is 10.1. The summed E-state index contributed by atoms with van der Waals surface area (Å²) in [5, 5.41) is 3.30. The van der Waals surface area contributed by atoms with Crippen LogP contribution in [-0.2, 0) is 6.54 Å². The minimum Gasteiger partial charge on any atom is -0.368 e. The molecule has 112 valence electrons. The molecule has 1 unspecified atom stereocenters. The van der Waals surface area contributed by atoms with Gasteiger partial charge in [0.1, 0.15) is 5.82 Å². The van der Waals surface area contributed by atoms with Gasteiger partial charge in [-0.1, -0.05) is 13.8 Å². The molecule has 3 nitrogen and oxygen atoms in total. The number of piperazine rings is 1. The molecule has 0 bridgehead atoms. The molecule has 0 radical (unpaired) electrons. The Kier molecular flexibility index (Phi) is 5.38. The van der Waals surface area contributed by atoms with Crippen LogP contribution in [-0.4, -0.2) is 43.7 Å². The van der Waals surface area contributed by atoms with E-state index in [0.717, 1.165) is 44.8 Å². The molecule has 1 fully saturated rings. The zero-order valence-electron chi connectivity index (χ0n) is 12.8. The van der Waals surface area contributed by atoms with Gasteiger partial charge in [0.25, 0.3) is 0 Å². The zero-order valence-corrected chi connectivity index (χ0v) is 12.8. The van der Waals surface area contributed by atoms with E-state index in [4.69, 9.17) is 0 Å². The van der Waals surface area contributed by atoms with Crippen LogP contribution >= 0.6 is 0 Å². The van der Waals surface area contributed by atoms with E-state index in [-0.39, 0.29) is 5.82 Å². The van der Waals surface area contributed by atoms with Crippen molar-refractivity contribution in [2.45, 2.75) is 33.4 Å². The van der Waals surface area contributed by atoms with Crippen LogP contribution in [0.3, 0.4) is 0 Å². The predicted octanol–water partition coefficient (Wildman–Crippen LogP) is 2.47. The minimum atomic E-state index is -0.151. The third-order valence-corrected chi connectivity index (χ3v) is 4.12. The highest BCUT2D eigenvalue weighted by Crippen LogP contribution is 2.24. The Bertz CT molecular complexity index is 436. The smallest absolute Gasteiger partial charge is 0.123 e. The van der Waals surface area contributed by atoms with Gasteiger partial charge in [-0.2, -0.15) is 0 Å². The lowest BCUT2D eigenvalue weighted by Gasteiger charge is -2.41. The van der Waals surface area contributed by atoms with Crippen LogP contribution in [0.15, 0.2) is 18.2 Å². The van der Waals surface area contributed by atoms with Gasteiger partial charge in [-0.05, 0) is 43.8 Å². The van der Waals surface area contributed by atoms with Crippen LogP contribution in [0.5, 0.6) is 0 Å². The highest BCUT2D eigenvalue weighted by Gasteiger charge is 2.23. The summed E-state index contributed by atoms with van der Waals surface area (Å²) in [5.41, 5.74) is 2.24. The van der Waals surface area contributed by atoms with Crippen molar-refractivity contribution in [2.24, 2.45) is 0 Å². The zero-order chi connectivity index (χ0) is 14.5. The van der Waals surface area contributed by atoms with Crippen molar-refractivity contribution in [1.82, 2.24) is 10.2 Å². The van der Waals surface area contributed by atoms with E-state index >= 15 is 0 Å². The molecule has 2 rings (SSSR count). The molecule has 1 aliphatic heterocycles. The fourth-order valence-electron chi connectivity index (χ4n) is 2.95. The second kappa shape index (κ2) is 7.04. The maximum absolute atomic E-state index is 13.5. The molecule has 0 aliphatic carbocycles. The molecule has 0 saturated carbocycles. The van der Waals surface area contributed by atoms with Crippen LogP contribution in [0.1, 0.15) is 26.3 Å². The topological polar surface area (TPSA) is 18.5 Å². The SMILES string of the molecule is CCNCc1cc(F)ccc1N1CCN(CC)C(C)C1. The van der Waals surface area contributed by atoms with E-state index in [1.54, 1.807) is 12.1 Å². The van der Waals surface area contributed by atoms with E-state index in [9.17, 15) is 4.39 Å². The summed E-state index contributed by atoms with van der Waals surface area (Å²) in [5.74, 6) is -0.151. The molecule has 0 amide bonds. The summed E-state index contributed by atoms with van der Waals surface area (Å²) in [7, 11) is 0. The van der Waals surface area contributed by atoms with E-state index in [2.05, 4.69) is 35.9 Å². The quantitative estimate of drug-likeness (QED) is 0.893. The minimum absolute atomic E-state index is 0.151. The van der Waals surface area contributed by atoms with Gasteiger partial charge in [-0.15, -0.1) is 0 Å². The Balaban J connectivity index is 2.15. The Morgan fingerprint density at radius 1 is 1.30 bits per heavy atom. The van der Waals surface area contributed by atoms with Crippen molar-refractivity contribution in [3.63, 3.8) is 0 Å². The third-order valence-electron chi connectivity index (χ3n) is 4.12. The number of nitrogens with zero attached hydrogens (tertiary/aromatic N) is 2. The second-order valence-corrected chi connectivity index (χ2v) is 5.48. The van der Waals surface area contributed by atoms with Gasteiger partial charge in [0.05, 0.1) is 0 Å². The van der Waals surface area contributed by atoms with Crippen LogP contribution < -0.4 is 10.2 Å². The average Bonchev–Trinajstić information content (AvgIpc) is 2.45. The number of hydrogen-bond acceptors (Lipinski definition) is 3. The predicted molar refractivity (Wildman–Crippen MR) is 82.7 cm³/mol.